The Morgan fingerprint density at radius 3 is 2.43 bits per heavy atom. The molecule has 0 bridgehead atoms. The predicted octanol–water partition coefficient (Wildman–Crippen LogP) is 4.95. The first-order valence-corrected chi connectivity index (χ1v) is 11.3. The normalized spacial score (nSPS) is 12.7. The van der Waals surface area contributed by atoms with Crippen molar-refractivity contribution in [2.75, 3.05) is 26.8 Å². The lowest BCUT2D eigenvalue weighted by atomic mass is 9.89. The van der Waals surface area contributed by atoms with Gasteiger partial charge in [-0.2, -0.15) is 18.3 Å². The van der Waals surface area contributed by atoms with E-state index in [1.54, 1.807) is 18.3 Å². The van der Waals surface area contributed by atoms with Gasteiger partial charge in [0.15, 0.2) is 5.69 Å². The molecular formula is C25H28F4N4O2. The average Bonchev–Trinajstić information content (AvgIpc) is 3.25. The summed E-state index contributed by atoms with van der Waals surface area (Å²) in [6.45, 7) is 3.48. The minimum Gasteiger partial charge on any atom is -0.351 e. The molecule has 0 fully saturated rings. The summed E-state index contributed by atoms with van der Waals surface area (Å²) in [6, 6.07) is 9.70. The van der Waals surface area contributed by atoms with Crippen LogP contribution in [-0.2, 0) is 6.18 Å². The van der Waals surface area contributed by atoms with Crippen molar-refractivity contribution in [2.24, 2.45) is 5.92 Å². The van der Waals surface area contributed by atoms with Crippen LogP contribution in [0.4, 0.5) is 17.6 Å². The van der Waals surface area contributed by atoms with Crippen LogP contribution in [0.15, 0.2) is 48.7 Å². The molecule has 0 aliphatic carbocycles. The highest BCUT2D eigenvalue weighted by Crippen LogP contribution is 2.31. The Hall–Kier alpha value is -3.43. The molecule has 0 aliphatic rings. The average molecular weight is 493 g/mol. The number of hydrogen-bond donors (Lipinski definition) is 1. The Labute approximate surface area is 200 Å². The monoisotopic (exact) mass is 492 g/mol. The molecule has 1 unspecified atom stereocenters. The first kappa shape index (κ1) is 26.2. The zero-order valence-electron chi connectivity index (χ0n) is 19.8. The number of aromatic nitrogens is 2. The fourth-order valence-corrected chi connectivity index (χ4v) is 3.90. The summed E-state index contributed by atoms with van der Waals surface area (Å²) in [5, 5.41) is 7.07. The second kappa shape index (κ2) is 10.9. The van der Waals surface area contributed by atoms with Gasteiger partial charge in [-0.05, 0) is 48.2 Å². The van der Waals surface area contributed by atoms with Gasteiger partial charge in [0.1, 0.15) is 6.67 Å². The Balaban J connectivity index is 1.79. The van der Waals surface area contributed by atoms with E-state index >= 15 is 0 Å². The Morgan fingerprint density at radius 1 is 1.14 bits per heavy atom. The van der Waals surface area contributed by atoms with Gasteiger partial charge in [0, 0.05) is 32.3 Å². The highest BCUT2D eigenvalue weighted by molar-refractivity contribution is 6.02. The predicted molar refractivity (Wildman–Crippen MR) is 124 cm³/mol. The van der Waals surface area contributed by atoms with Crippen LogP contribution in [0.2, 0.25) is 0 Å². The highest BCUT2D eigenvalue weighted by Gasteiger charge is 2.30. The van der Waals surface area contributed by atoms with Crippen molar-refractivity contribution in [3.8, 4) is 0 Å². The number of benzene rings is 1. The van der Waals surface area contributed by atoms with Crippen LogP contribution >= 0.6 is 0 Å². The second-order valence-corrected chi connectivity index (χ2v) is 8.85. The molecule has 0 aliphatic heterocycles. The number of rotatable bonds is 9. The molecule has 2 heterocycles. The van der Waals surface area contributed by atoms with Crippen molar-refractivity contribution in [2.45, 2.75) is 32.4 Å². The van der Waals surface area contributed by atoms with E-state index in [0.717, 1.165) is 12.1 Å². The summed E-state index contributed by atoms with van der Waals surface area (Å²) in [7, 11) is 1.47. The van der Waals surface area contributed by atoms with Crippen LogP contribution in [0.1, 0.15) is 58.2 Å². The lowest BCUT2D eigenvalue weighted by Crippen LogP contribution is -2.29. The summed E-state index contributed by atoms with van der Waals surface area (Å²) in [6.07, 6.45) is -2.14. The minimum atomic E-state index is -4.41. The van der Waals surface area contributed by atoms with Crippen molar-refractivity contribution in [3.63, 3.8) is 0 Å². The summed E-state index contributed by atoms with van der Waals surface area (Å²) in [4.78, 5) is 26.7. The lowest BCUT2D eigenvalue weighted by molar-refractivity contribution is -0.137. The zero-order valence-corrected chi connectivity index (χ0v) is 19.8. The van der Waals surface area contributed by atoms with Gasteiger partial charge in [0.05, 0.1) is 16.6 Å². The van der Waals surface area contributed by atoms with Crippen molar-refractivity contribution < 1.29 is 27.2 Å². The van der Waals surface area contributed by atoms with Gasteiger partial charge in [-0.1, -0.05) is 26.0 Å². The van der Waals surface area contributed by atoms with Gasteiger partial charge in [0.2, 0.25) is 0 Å². The number of hydrogen-bond acceptors (Lipinski definition) is 3. The summed E-state index contributed by atoms with van der Waals surface area (Å²) in [5.41, 5.74) is 0.783. The van der Waals surface area contributed by atoms with Gasteiger partial charge in [-0.15, -0.1) is 0 Å². The Kier molecular flexibility index (Phi) is 8.14. The molecule has 6 nitrogen and oxygen atoms in total. The summed E-state index contributed by atoms with van der Waals surface area (Å²) < 4.78 is 52.8. The van der Waals surface area contributed by atoms with Crippen molar-refractivity contribution in [3.05, 3.63) is 71.0 Å². The molecule has 10 heteroatoms. The lowest BCUT2D eigenvalue weighted by Gasteiger charge is -2.21. The smallest absolute Gasteiger partial charge is 0.351 e. The van der Waals surface area contributed by atoms with Crippen LogP contribution in [0.3, 0.4) is 0 Å². The van der Waals surface area contributed by atoms with E-state index in [9.17, 15) is 27.2 Å². The van der Waals surface area contributed by atoms with E-state index in [0.29, 0.717) is 23.1 Å². The Bertz CT molecular complexity index is 1170. The second-order valence-electron chi connectivity index (χ2n) is 8.85. The quantitative estimate of drug-likeness (QED) is 0.430. The molecule has 1 atom stereocenters. The molecule has 1 aromatic carbocycles. The van der Waals surface area contributed by atoms with Crippen molar-refractivity contribution in [1.29, 1.82) is 0 Å². The van der Waals surface area contributed by atoms with Crippen molar-refractivity contribution >= 4 is 17.3 Å². The maximum atomic E-state index is 13.0. The van der Waals surface area contributed by atoms with Gasteiger partial charge in [-0.3, -0.25) is 9.59 Å². The molecule has 3 rings (SSSR count). The number of fused-ring (bicyclic) bond motifs is 1. The third-order valence-corrected chi connectivity index (χ3v) is 5.71. The zero-order chi connectivity index (χ0) is 25.8. The van der Waals surface area contributed by atoms with Crippen molar-refractivity contribution in [1.82, 2.24) is 19.8 Å². The first-order valence-electron chi connectivity index (χ1n) is 11.3. The molecule has 1 N–H and O–H groups in total. The molecule has 2 aromatic heterocycles. The van der Waals surface area contributed by atoms with Gasteiger partial charge < -0.3 is 10.2 Å². The number of alkyl halides is 4. The summed E-state index contributed by atoms with van der Waals surface area (Å²) >= 11 is 0. The molecule has 3 aromatic rings. The van der Waals surface area contributed by atoms with Crippen LogP contribution < -0.4 is 5.32 Å². The maximum Gasteiger partial charge on any atom is 0.416 e. The number of amides is 2. The number of pyridine rings is 1. The molecule has 2 amide bonds. The van der Waals surface area contributed by atoms with Gasteiger partial charge in [-0.25, -0.2) is 8.91 Å². The maximum absolute atomic E-state index is 13.0. The molecule has 0 saturated heterocycles. The van der Waals surface area contributed by atoms with E-state index < -0.39 is 30.2 Å². The third kappa shape index (κ3) is 6.37. The molecule has 35 heavy (non-hydrogen) atoms. The van der Waals surface area contributed by atoms with E-state index in [-0.39, 0.29) is 30.6 Å². The molecular weight excluding hydrogens is 464 g/mol. The standard InChI is InChI=1S/C25H28F4N4O2/c1-16(2)13-18(17-6-8-19(9-7-17)25(27,28)29)15-30-23(34)20-5-4-11-33-22(20)14-21(31-33)24(35)32(3)12-10-26/h4-9,11,14,16,18H,10,12-13,15H2,1-3H3,(H,30,34). The van der Waals surface area contributed by atoms with Gasteiger partial charge in [0.25, 0.3) is 11.8 Å². The number of nitrogens with zero attached hydrogens (tertiary/aromatic N) is 3. The SMILES string of the molecule is CC(C)CC(CNC(=O)c1cccn2nc(C(=O)N(C)CCF)cc12)c1ccc(C(F)(F)F)cc1. The number of halogens is 4. The molecule has 0 saturated carbocycles. The Morgan fingerprint density at radius 2 is 1.83 bits per heavy atom. The third-order valence-electron chi connectivity index (χ3n) is 5.71. The minimum absolute atomic E-state index is 0.0682. The number of carbonyl (C=O) groups excluding carboxylic acids is 2. The van der Waals surface area contributed by atoms with Crippen LogP contribution in [0.5, 0.6) is 0 Å². The molecule has 0 spiro atoms. The molecule has 188 valence electrons. The largest absolute Gasteiger partial charge is 0.416 e. The van der Waals surface area contributed by atoms with E-state index in [2.05, 4.69) is 10.4 Å². The van der Waals surface area contributed by atoms with E-state index in [1.165, 1.54) is 34.7 Å². The van der Waals surface area contributed by atoms with Crippen LogP contribution in [0, 0.1) is 5.92 Å². The van der Waals surface area contributed by atoms with Crippen LogP contribution in [-0.4, -0.2) is 53.1 Å². The fourth-order valence-electron chi connectivity index (χ4n) is 3.90. The fraction of sp³-hybridized carbons (Fsp3) is 0.400. The topological polar surface area (TPSA) is 66.7 Å². The molecule has 0 radical (unpaired) electrons. The van der Waals surface area contributed by atoms with E-state index in [1.807, 2.05) is 13.8 Å². The summed E-state index contributed by atoms with van der Waals surface area (Å²) in [5.74, 6) is -0.783. The highest BCUT2D eigenvalue weighted by atomic mass is 19.4. The van der Waals surface area contributed by atoms with Gasteiger partial charge >= 0.3 is 6.18 Å². The first-order chi connectivity index (χ1) is 16.5. The van der Waals surface area contributed by atoms with Crippen LogP contribution in [0.25, 0.3) is 5.52 Å². The number of carbonyl (C=O) groups is 2. The van der Waals surface area contributed by atoms with E-state index in [4.69, 9.17) is 0 Å². The number of nitrogens with one attached hydrogen (secondary N) is 1.